The van der Waals surface area contributed by atoms with Gasteiger partial charge in [0.25, 0.3) is 5.91 Å². The first-order valence-corrected chi connectivity index (χ1v) is 5.97. The molecule has 5 heteroatoms. The predicted octanol–water partition coefficient (Wildman–Crippen LogP) is 1.22. The minimum absolute atomic E-state index is 0.0957. The molecular weight excluding hydrogens is 220 g/mol. The maximum absolute atomic E-state index is 12.2. The zero-order chi connectivity index (χ0) is 12.4. The number of piperidine rings is 1. The molecular formula is C12H18N2O3. The van der Waals surface area contributed by atoms with E-state index in [2.05, 4.69) is 4.98 Å². The summed E-state index contributed by atoms with van der Waals surface area (Å²) in [5, 5.41) is 9.59. The Bertz CT molecular complexity index is 400. The molecule has 1 aromatic rings. The Kier molecular flexibility index (Phi) is 3.47. The van der Waals surface area contributed by atoms with Crippen molar-refractivity contribution in [1.29, 1.82) is 0 Å². The van der Waals surface area contributed by atoms with Crippen molar-refractivity contribution in [3.8, 4) is 0 Å². The molecule has 2 heterocycles. The first kappa shape index (κ1) is 12.1. The van der Waals surface area contributed by atoms with E-state index in [-0.39, 0.29) is 17.9 Å². The molecule has 0 bridgehead atoms. The average Bonchev–Trinajstić information content (AvgIpc) is 2.74. The van der Waals surface area contributed by atoms with Crippen LogP contribution in [0.25, 0.3) is 0 Å². The summed E-state index contributed by atoms with van der Waals surface area (Å²) < 4.78 is 5.04. The summed E-state index contributed by atoms with van der Waals surface area (Å²) in [6, 6.07) is 0. The average molecular weight is 238 g/mol. The fourth-order valence-electron chi connectivity index (χ4n) is 2.25. The summed E-state index contributed by atoms with van der Waals surface area (Å²) in [6.07, 6.45) is 2.82. The van der Waals surface area contributed by atoms with Gasteiger partial charge in [-0.25, -0.2) is 4.98 Å². The van der Waals surface area contributed by atoms with Gasteiger partial charge in [-0.2, -0.15) is 0 Å². The molecule has 0 aromatic carbocycles. The number of oxazole rings is 1. The number of hydrogen-bond donors (Lipinski definition) is 1. The number of aromatic nitrogens is 1. The van der Waals surface area contributed by atoms with E-state index in [0.717, 1.165) is 19.4 Å². The number of rotatable bonds is 2. The van der Waals surface area contributed by atoms with Gasteiger partial charge in [-0.15, -0.1) is 0 Å². The minimum atomic E-state index is -0.371. The smallest absolute Gasteiger partial charge is 0.276 e. The van der Waals surface area contributed by atoms with Crippen LogP contribution in [0.3, 0.4) is 0 Å². The molecule has 2 rings (SSSR count). The Morgan fingerprint density at radius 3 is 3.06 bits per heavy atom. The second-order valence-electron chi connectivity index (χ2n) is 4.65. The van der Waals surface area contributed by atoms with E-state index in [9.17, 15) is 9.90 Å². The summed E-state index contributed by atoms with van der Waals surface area (Å²) in [7, 11) is 0. The van der Waals surface area contributed by atoms with Crippen molar-refractivity contribution >= 4 is 5.91 Å². The predicted molar refractivity (Wildman–Crippen MR) is 61.5 cm³/mol. The molecule has 2 atom stereocenters. The molecule has 1 aliphatic rings. The molecule has 1 fully saturated rings. The van der Waals surface area contributed by atoms with Gasteiger partial charge >= 0.3 is 0 Å². The van der Waals surface area contributed by atoms with Crippen molar-refractivity contribution in [2.75, 3.05) is 13.1 Å². The van der Waals surface area contributed by atoms with Gasteiger partial charge in [0, 0.05) is 19.0 Å². The number of aryl methyl sites for hydroxylation is 1. The number of nitrogens with zero attached hydrogens (tertiary/aromatic N) is 2. The molecule has 94 valence electrons. The topological polar surface area (TPSA) is 66.6 Å². The van der Waals surface area contributed by atoms with Crippen molar-refractivity contribution in [2.45, 2.75) is 32.8 Å². The number of hydrogen-bond acceptors (Lipinski definition) is 4. The Morgan fingerprint density at radius 2 is 2.47 bits per heavy atom. The summed E-state index contributed by atoms with van der Waals surface area (Å²) in [4.78, 5) is 17.9. The largest absolute Gasteiger partial charge is 0.448 e. The van der Waals surface area contributed by atoms with Crippen LogP contribution in [0.4, 0.5) is 0 Å². The lowest BCUT2D eigenvalue weighted by molar-refractivity contribution is 0.0461. The third-order valence-corrected chi connectivity index (χ3v) is 3.37. The number of amides is 1. The van der Waals surface area contributed by atoms with Gasteiger partial charge < -0.3 is 14.4 Å². The SMILES string of the molecule is Cc1ocnc1C(=O)N1CCCC(C(C)O)C1. The second-order valence-corrected chi connectivity index (χ2v) is 4.65. The Morgan fingerprint density at radius 1 is 1.71 bits per heavy atom. The number of carbonyl (C=O) groups excluding carboxylic acids is 1. The lowest BCUT2D eigenvalue weighted by Crippen LogP contribution is -2.43. The van der Waals surface area contributed by atoms with Crippen molar-refractivity contribution < 1.29 is 14.3 Å². The Labute approximate surface area is 100 Å². The molecule has 1 aliphatic heterocycles. The Hall–Kier alpha value is -1.36. The molecule has 1 aromatic heterocycles. The van der Waals surface area contributed by atoms with Crippen LogP contribution in [-0.4, -0.2) is 40.1 Å². The van der Waals surface area contributed by atoms with Gasteiger partial charge in [0.15, 0.2) is 12.1 Å². The van der Waals surface area contributed by atoms with Crippen LogP contribution in [0.1, 0.15) is 36.0 Å². The highest BCUT2D eigenvalue weighted by Crippen LogP contribution is 2.21. The zero-order valence-corrected chi connectivity index (χ0v) is 10.2. The fourth-order valence-corrected chi connectivity index (χ4v) is 2.25. The van der Waals surface area contributed by atoms with Crippen molar-refractivity contribution in [3.05, 3.63) is 17.8 Å². The van der Waals surface area contributed by atoms with E-state index in [1.165, 1.54) is 6.39 Å². The van der Waals surface area contributed by atoms with Crippen LogP contribution in [0.5, 0.6) is 0 Å². The maximum Gasteiger partial charge on any atom is 0.276 e. The first-order valence-electron chi connectivity index (χ1n) is 5.97. The summed E-state index contributed by atoms with van der Waals surface area (Å²) in [6.45, 7) is 4.84. The quantitative estimate of drug-likeness (QED) is 0.841. The number of carbonyl (C=O) groups is 1. The van der Waals surface area contributed by atoms with E-state index < -0.39 is 0 Å². The van der Waals surface area contributed by atoms with Gasteiger partial charge in [0.05, 0.1) is 6.10 Å². The van der Waals surface area contributed by atoms with E-state index in [0.29, 0.717) is 18.0 Å². The van der Waals surface area contributed by atoms with E-state index in [1.807, 2.05) is 0 Å². The summed E-state index contributed by atoms with van der Waals surface area (Å²) in [5.41, 5.74) is 0.385. The number of aliphatic hydroxyl groups is 1. The number of likely N-dealkylation sites (tertiary alicyclic amines) is 1. The number of aliphatic hydroxyl groups excluding tert-OH is 1. The van der Waals surface area contributed by atoms with Crippen LogP contribution < -0.4 is 0 Å². The third kappa shape index (κ3) is 2.49. The lowest BCUT2D eigenvalue weighted by Gasteiger charge is -2.33. The fraction of sp³-hybridized carbons (Fsp3) is 0.667. The van der Waals surface area contributed by atoms with E-state index >= 15 is 0 Å². The molecule has 17 heavy (non-hydrogen) atoms. The molecule has 0 saturated carbocycles. The minimum Gasteiger partial charge on any atom is -0.448 e. The highest BCUT2D eigenvalue weighted by molar-refractivity contribution is 5.93. The summed E-state index contributed by atoms with van der Waals surface area (Å²) >= 11 is 0. The molecule has 2 unspecified atom stereocenters. The van der Waals surface area contributed by atoms with Crippen LogP contribution in [0, 0.1) is 12.8 Å². The van der Waals surface area contributed by atoms with Crippen LogP contribution in [0.15, 0.2) is 10.8 Å². The molecule has 5 nitrogen and oxygen atoms in total. The monoisotopic (exact) mass is 238 g/mol. The summed E-state index contributed by atoms with van der Waals surface area (Å²) in [5.74, 6) is 0.621. The van der Waals surface area contributed by atoms with Crippen LogP contribution in [0.2, 0.25) is 0 Å². The molecule has 0 radical (unpaired) electrons. The van der Waals surface area contributed by atoms with Gasteiger partial charge in [0.1, 0.15) is 5.76 Å². The van der Waals surface area contributed by atoms with E-state index in [1.54, 1.807) is 18.7 Å². The second kappa shape index (κ2) is 4.87. The molecule has 1 amide bonds. The third-order valence-electron chi connectivity index (χ3n) is 3.37. The van der Waals surface area contributed by atoms with Gasteiger partial charge in [-0.3, -0.25) is 4.79 Å². The van der Waals surface area contributed by atoms with Crippen molar-refractivity contribution in [3.63, 3.8) is 0 Å². The van der Waals surface area contributed by atoms with Gasteiger partial charge in [-0.05, 0) is 26.7 Å². The molecule has 0 spiro atoms. The molecule has 0 aliphatic carbocycles. The normalized spacial score (nSPS) is 22.5. The highest BCUT2D eigenvalue weighted by Gasteiger charge is 2.28. The van der Waals surface area contributed by atoms with Gasteiger partial charge in [0.2, 0.25) is 0 Å². The van der Waals surface area contributed by atoms with Crippen LogP contribution >= 0.6 is 0 Å². The molecule has 1 saturated heterocycles. The standard InChI is InChI=1S/C12H18N2O3/c1-8(15)10-4-3-5-14(6-10)12(16)11-9(2)17-7-13-11/h7-8,10,15H,3-6H2,1-2H3. The highest BCUT2D eigenvalue weighted by atomic mass is 16.3. The zero-order valence-electron chi connectivity index (χ0n) is 10.2. The van der Waals surface area contributed by atoms with E-state index in [4.69, 9.17) is 4.42 Å². The lowest BCUT2D eigenvalue weighted by atomic mass is 9.93. The van der Waals surface area contributed by atoms with Crippen molar-refractivity contribution in [1.82, 2.24) is 9.88 Å². The van der Waals surface area contributed by atoms with Crippen molar-refractivity contribution in [2.24, 2.45) is 5.92 Å². The van der Waals surface area contributed by atoms with Crippen LogP contribution in [-0.2, 0) is 0 Å². The molecule has 1 N–H and O–H groups in total. The Balaban J connectivity index is 2.07. The van der Waals surface area contributed by atoms with Gasteiger partial charge in [-0.1, -0.05) is 0 Å². The maximum atomic E-state index is 12.2. The first-order chi connectivity index (χ1) is 8.09.